The maximum atomic E-state index is 14.0. The second-order valence-electron chi connectivity index (χ2n) is 8.90. The number of likely N-dealkylation sites (N-methyl/N-ethyl adjacent to an activating group) is 1. The van der Waals surface area contributed by atoms with Crippen LogP contribution in [0.1, 0.15) is 40.8 Å². The summed E-state index contributed by atoms with van der Waals surface area (Å²) in [6.07, 6.45) is -4.07. The smallest absolute Gasteiger partial charge is 0.416 e. The Labute approximate surface area is 227 Å². The first kappa shape index (κ1) is 28.0. The van der Waals surface area contributed by atoms with E-state index in [9.17, 15) is 28.5 Å². The Morgan fingerprint density at radius 1 is 1.31 bits per heavy atom. The van der Waals surface area contributed by atoms with Gasteiger partial charge < -0.3 is 20.1 Å². The first-order chi connectivity index (χ1) is 18.6. The van der Waals surface area contributed by atoms with Crippen molar-refractivity contribution in [1.82, 2.24) is 9.88 Å². The number of esters is 1. The van der Waals surface area contributed by atoms with E-state index in [0.717, 1.165) is 35.6 Å². The molecule has 39 heavy (non-hydrogen) atoms. The fourth-order valence-electron chi connectivity index (χ4n) is 4.59. The van der Waals surface area contributed by atoms with Crippen molar-refractivity contribution in [2.24, 2.45) is 5.73 Å². The lowest BCUT2D eigenvalue weighted by Crippen LogP contribution is -2.28. The SMILES string of the molecule is CCOC(=O)C1=C(CSc2nc3c(cc2C#N)CN(C)CC3)OC(N)=C(C#N)[C@@H]1c1ccccc1C(F)(F)F. The lowest BCUT2D eigenvalue weighted by molar-refractivity contribution is -0.140. The Morgan fingerprint density at radius 3 is 2.72 bits per heavy atom. The average molecular weight is 556 g/mol. The molecule has 0 saturated heterocycles. The third-order valence-corrected chi connectivity index (χ3v) is 7.35. The van der Waals surface area contributed by atoms with Crippen LogP contribution in [0.15, 0.2) is 58.1 Å². The van der Waals surface area contributed by atoms with E-state index in [1.54, 1.807) is 13.0 Å². The molecule has 0 aliphatic carbocycles. The highest BCUT2D eigenvalue weighted by Gasteiger charge is 2.43. The van der Waals surface area contributed by atoms with E-state index >= 15 is 0 Å². The fourth-order valence-corrected chi connectivity index (χ4v) is 5.51. The molecule has 1 aromatic carbocycles. The van der Waals surface area contributed by atoms with Gasteiger partial charge in [0.25, 0.3) is 0 Å². The van der Waals surface area contributed by atoms with Gasteiger partial charge in [-0.2, -0.15) is 23.7 Å². The van der Waals surface area contributed by atoms with Crippen molar-refractivity contribution < 1.29 is 27.4 Å². The summed E-state index contributed by atoms with van der Waals surface area (Å²) < 4.78 is 52.8. The van der Waals surface area contributed by atoms with Gasteiger partial charge in [-0.1, -0.05) is 30.0 Å². The molecule has 0 saturated carbocycles. The number of fused-ring (bicyclic) bond motifs is 1. The number of hydrogen-bond donors (Lipinski definition) is 1. The minimum atomic E-state index is -4.76. The van der Waals surface area contributed by atoms with Crippen LogP contribution in [-0.4, -0.2) is 41.8 Å². The number of allylic oxidation sites excluding steroid dienone is 1. The lowest BCUT2D eigenvalue weighted by Gasteiger charge is -2.29. The summed E-state index contributed by atoms with van der Waals surface area (Å²) in [7, 11) is 1.97. The van der Waals surface area contributed by atoms with Gasteiger partial charge in [-0.3, -0.25) is 0 Å². The number of benzene rings is 1. The number of halogens is 3. The molecule has 8 nitrogen and oxygen atoms in total. The largest absolute Gasteiger partial charge is 0.463 e. The molecular formula is C27H24F3N5O3S. The van der Waals surface area contributed by atoms with Gasteiger partial charge in [-0.15, -0.1) is 0 Å². The van der Waals surface area contributed by atoms with Crippen molar-refractivity contribution in [2.45, 2.75) is 37.0 Å². The molecule has 1 aromatic heterocycles. The first-order valence-electron chi connectivity index (χ1n) is 12.0. The maximum absolute atomic E-state index is 14.0. The van der Waals surface area contributed by atoms with Gasteiger partial charge in [0.05, 0.1) is 35.0 Å². The molecule has 12 heteroatoms. The quantitative estimate of drug-likeness (QED) is 0.408. The standard InChI is InChI=1S/C27H24F3N5O3S/c1-3-37-26(36)23-21(14-39-25-15(11-31)10-16-13-35(2)9-8-20(16)34-25)38-24(33)18(12-32)22(23)17-6-4-5-7-19(17)27(28,29)30/h4-7,10,22H,3,8-9,13-14,33H2,1-2H3/t22-/m0/s1. The van der Waals surface area contributed by atoms with Crippen molar-refractivity contribution in [2.75, 3.05) is 26.0 Å². The number of nitrogens with zero attached hydrogens (tertiary/aromatic N) is 4. The van der Waals surface area contributed by atoms with Crippen LogP contribution in [0, 0.1) is 22.7 Å². The van der Waals surface area contributed by atoms with Gasteiger partial charge in [0.2, 0.25) is 5.88 Å². The molecule has 0 fully saturated rings. The molecule has 0 radical (unpaired) electrons. The summed E-state index contributed by atoms with van der Waals surface area (Å²) in [6, 6.07) is 10.4. The van der Waals surface area contributed by atoms with E-state index in [4.69, 9.17) is 15.2 Å². The third kappa shape index (κ3) is 5.72. The molecule has 1 atom stereocenters. The Hall–Kier alpha value is -4.00. The van der Waals surface area contributed by atoms with Gasteiger partial charge >= 0.3 is 12.1 Å². The molecule has 2 aliphatic heterocycles. The van der Waals surface area contributed by atoms with Gasteiger partial charge in [0.15, 0.2) is 0 Å². The summed E-state index contributed by atoms with van der Waals surface area (Å²) in [5, 5.41) is 20.0. The van der Waals surface area contributed by atoms with Gasteiger partial charge in [-0.05, 0) is 37.2 Å². The Balaban J connectivity index is 1.82. The number of aromatic nitrogens is 1. The van der Waals surface area contributed by atoms with Gasteiger partial charge in [-0.25, -0.2) is 9.78 Å². The van der Waals surface area contributed by atoms with Crippen molar-refractivity contribution in [3.8, 4) is 12.1 Å². The Bertz CT molecular complexity index is 1460. The molecule has 0 bridgehead atoms. The molecular weight excluding hydrogens is 531 g/mol. The van der Waals surface area contributed by atoms with Crippen LogP contribution >= 0.6 is 11.8 Å². The topological polar surface area (TPSA) is 125 Å². The van der Waals surface area contributed by atoms with Crippen LogP contribution < -0.4 is 5.73 Å². The summed E-state index contributed by atoms with van der Waals surface area (Å²) >= 11 is 1.09. The number of carbonyl (C=O) groups excluding carboxylic acids is 1. The summed E-state index contributed by atoms with van der Waals surface area (Å²) in [4.78, 5) is 20.0. The van der Waals surface area contributed by atoms with Gasteiger partial charge in [0, 0.05) is 25.2 Å². The fraction of sp³-hybridized carbons (Fsp3) is 0.333. The second-order valence-corrected chi connectivity index (χ2v) is 9.87. The van der Waals surface area contributed by atoms with Crippen LogP contribution in [0.2, 0.25) is 0 Å². The summed E-state index contributed by atoms with van der Waals surface area (Å²) in [6.45, 7) is 2.95. The number of thioether (sulfide) groups is 1. The Morgan fingerprint density at radius 2 is 2.05 bits per heavy atom. The molecule has 2 aliphatic rings. The maximum Gasteiger partial charge on any atom is 0.416 e. The number of rotatable bonds is 6. The highest BCUT2D eigenvalue weighted by Crippen LogP contribution is 2.45. The molecule has 0 spiro atoms. The molecule has 202 valence electrons. The predicted octanol–water partition coefficient (Wildman–Crippen LogP) is 4.38. The van der Waals surface area contributed by atoms with Crippen molar-refractivity contribution in [3.05, 3.63) is 81.1 Å². The lowest BCUT2D eigenvalue weighted by atomic mass is 9.81. The summed E-state index contributed by atoms with van der Waals surface area (Å²) in [5.74, 6) is -2.99. The molecule has 0 amide bonds. The van der Waals surface area contributed by atoms with E-state index in [1.165, 1.54) is 18.2 Å². The van der Waals surface area contributed by atoms with Crippen molar-refractivity contribution in [3.63, 3.8) is 0 Å². The monoisotopic (exact) mass is 555 g/mol. The van der Waals surface area contributed by atoms with Crippen LogP contribution in [0.4, 0.5) is 13.2 Å². The minimum absolute atomic E-state index is 0.0586. The van der Waals surface area contributed by atoms with Crippen LogP contribution in [0.3, 0.4) is 0 Å². The molecule has 3 heterocycles. The molecule has 2 aromatic rings. The van der Waals surface area contributed by atoms with Crippen molar-refractivity contribution >= 4 is 17.7 Å². The minimum Gasteiger partial charge on any atom is -0.463 e. The van der Waals surface area contributed by atoms with Crippen LogP contribution in [0.25, 0.3) is 0 Å². The van der Waals surface area contributed by atoms with E-state index < -0.39 is 29.5 Å². The highest BCUT2D eigenvalue weighted by molar-refractivity contribution is 7.99. The number of nitrogens with two attached hydrogens (primary N) is 1. The number of pyridine rings is 1. The zero-order valence-electron chi connectivity index (χ0n) is 21.1. The van der Waals surface area contributed by atoms with E-state index in [0.29, 0.717) is 23.6 Å². The van der Waals surface area contributed by atoms with Crippen LogP contribution in [0.5, 0.6) is 0 Å². The normalized spacial score (nSPS) is 17.7. The zero-order chi connectivity index (χ0) is 28.3. The average Bonchev–Trinajstić information content (AvgIpc) is 2.90. The van der Waals surface area contributed by atoms with E-state index in [2.05, 4.69) is 16.0 Å². The first-order valence-corrected chi connectivity index (χ1v) is 13.0. The van der Waals surface area contributed by atoms with Crippen LogP contribution in [-0.2, 0) is 33.4 Å². The molecule has 0 unspecified atom stereocenters. The number of carbonyl (C=O) groups is 1. The molecule has 2 N–H and O–H groups in total. The number of ether oxygens (including phenoxy) is 2. The highest BCUT2D eigenvalue weighted by atomic mass is 32.2. The Kier molecular flexibility index (Phi) is 8.19. The second kappa shape index (κ2) is 11.4. The zero-order valence-corrected chi connectivity index (χ0v) is 21.9. The number of nitriles is 2. The number of hydrogen-bond acceptors (Lipinski definition) is 9. The van der Waals surface area contributed by atoms with E-state index in [-0.39, 0.29) is 34.8 Å². The van der Waals surface area contributed by atoms with Crippen molar-refractivity contribution in [1.29, 1.82) is 10.5 Å². The molecule has 4 rings (SSSR count). The third-order valence-electron chi connectivity index (χ3n) is 6.36. The van der Waals surface area contributed by atoms with E-state index in [1.807, 2.05) is 13.1 Å². The van der Waals surface area contributed by atoms with Gasteiger partial charge in [0.1, 0.15) is 28.5 Å². The summed E-state index contributed by atoms with van der Waals surface area (Å²) in [5.41, 5.74) is 6.20. The number of alkyl halides is 3. The predicted molar refractivity (Wildman–Crippen MR) is 135 cm³/mol.